The maximum atomic E-state index is 11.8. The maximum absolute atomic E-state index is 11.8. The lowest BCUT2D eigenvalue weighted by Crippen LogP contribution is -2.22. The summed E-state index contributed by atoms with van der Waals surface area (Å²) in [7, 11) is 1.45. The van der Waals surface area contributed by atoms with E-state index in [1.807, 2.05) is 0 Å². The lowest BCUT2D eigenvalue weighted by Gasteiger charge is -2.10. The fourth-order valence-electron chi connectivity index (χ4n) is 1.62. The highest BCUT2D eigenvalue weighted by molar-refractivity contribution is 5.92. The Kier molecular flexibility index (Phi) is 3.36. The van der Waals surface area contributed by atoms with Gasteiger partial charge in [0.25, 0.3) is 0 Å². The van der Waals surface area contributed by atoms with E-state index < -0.39 is 18.0 Å². The smallest absolute Gasteiger partial charge is 0.347 e. The average Bonchev–Trinajstić information content (AvgIpc) is 2.75. The van der Waals surface area contributed by atoms with Gasteiger partial charge in [-0.15, -0.1) is 0 Å². The minimum atomic E-state index is -0.818. The van der Waals surface area contributed by atoms with Gasteiger partial charge in [0, 0.05) is 6.42 Å². The average molecular weight is 251 g/mol. The number of cyclic esters (lactones) is 1. The summed E-state index contributed by atoms with van der Waals surface area (Å²) in [4.78, 5) is 23.0. The Morgan fingerprint density at radius 2 is 2.28 bits per heavy atom. The number of nitrogen functional groups attached to an aromatic ring is 1. The summed E-state index contributed by atoms with van der Waals surface area (Å²) in [5.74, 6) is -0.721. The van der Waals surface area contributed by atoms with Crippen LogP contribution in [0.4, 0.5) is 5.69 Å². The van der Waals surface area contributed by atoms with Gasteiger partial charge in [-0.1, -0.05) is 0 Å². The SMILES string of the molecule is COc1cc(C(=O)OC2CCOC2=O)ccc1N. The molecular formula is C12H13NO5. The van der Waals surface area contributed by atoms with Crippen LogP contribution in [0.3, 0.4) is 0 Å². The fraction of sp³-hybridized carbons (Fsp3) is 0.333. The van der Waals surface area contributed by atoms with Gasteiger partial charge in [-0.25, -0.2) is 9.59 Å². The van der Waals surface area contributed by atoms with E-state index in [1.54, 1.807) is 6.07 Å². The van der Waals surface area contributed by atoms with Crippen molar-refractivity contribution >= 4 is 17.6 Å². The van der Waals surface area contributed by atoms with Crippen LogP contribution < -0.4 is 10.5 Å². The molecule has 1 atom stereocenters. The van der Waals surface area contributed by atoms with Crippen LogP contribution in [0, 0.1) is 0 Å². The molecule has 1 fully saturated rings. The van der Waals surface area contributed by atoms with E-state index in [0.29, 0.717) is 17.9 Å². The molecular weight excluding hydrogens is 238 g/mol. The Morgan fingerprint density at radius 3 is 2.89 bits per heavy atom. The van der Waals surface area contributed by atoms with Crippen molar-refractivity contribution < 1.29 is 23.8 Å². The van der Waals surface area contributed by atoms with Crippen molar-refractivity contribution in [3.8, 4) is 5.75 Å². The largest absolute Gasteiger partial charge is 0.495 e. The van der Waals surface area contributed by atoms with Crippen molar-refractivity contribution in [1.82, 2.24) is 0 Å². The lowest BCUT2D eigenvalue weighted by molar-refractivity contribution is -0.145. The Labute approximate surface area is 104 Å². The summed E-state index contributed by atoms with van der Waals surface area (Å²) in [6.07, 6.45) is -0.433. The second-order valence-electron chi connectivity index (χ2n) is 3.81. The fourth-order valence-corrected chi connectivity index (χ4v) is 1.62. The minimum Gasteiger partial charge on any atom is -0.495 e. The first kappa shape index (κ1) is 12.2. The number of hydrogen-bond donors (Lipinski definition) is 1. The van der Waals surface area contributed by atoms with E-state index in [4.69, 9.17) is 19.9 Å². The summed E-state index contributed by atoms with van der Waals surface area (Å²) in [5, 5.41) is 0. The number of methoxy groups -OCH3 is 1. The first-order valence-electron chi connectivity index (χ1n) is 5.43. The van der Waals surface area contributed by atoms with Gasteiger partial charge in [0.05, 0.1) is 25.0 Å². The number of benzene rings is 1. The van der Waals surface area contributed by atoms with Crippen molar-refractivity contribution in [3.05, 3.63) is 23.8 Å². The number of rotatable bonds is 3. The molecule has 96 valence electrons. The van der Waals surface area contributed by atoms with Crippen molar-refractivity contribution in [2.45, 2.75) is 12.5 Å². The lowest BCUT2D eigenvalue weighted by atomic mass is 10.2. The van der Waals surface area contributed by atoms with Crippen molar-refractivity contribution in [2.24, 2.45) is 0 Å². The van der Waals surface area contributed by atoms with Gasteiger partial charge < -0.3 is 19.9 Å². The molecule has 0 saturated carbocycles. The van der Waals surface area contributed by atoms with E-state index in [-0.39, 0.29) is 12.2 Å². The van der Waals surface area contributed by atoms with Gasteiger partial charge in [0.15, 0.2) is 0 Å². The monoisotopic (exact) mass is 251 g/mol. The molecule has 0 bridgehead atoms. The zero-order valence-corrected chi connectivity index (χ0v) is 9.84. The predicted molar refractivity (Wildman–Crippen MR) is 62.2 cm³/mol. The molecule has 0 aromatic heterocycles. The number of ether oxygens (including phenoxy) is 3. The third-order valence-corrected chi connectivity index (χ3v) is 2.61. The Balaban J connectivity index is 2.11. The molecule has 6 heteroatoms. The molecule has 1 aliphatic rings. The number of carbonyl (C=O) groups is 2. The second-order valence-corrected chi connectivity index (χ2v) is 3.81. The van der Waals surface area contributed by atoms with Gasteiger partial charge in [-0.3, -0.25) is 0 Å². The number of carbonyl (C=O) groups excluding carboxylic acids is 2. The van der Waals surface area contributed by atoms with Crippen LogP contribution in [-0.2, 0) is 14.3 Å². The van der Waals surface area contributed by atoms with Crippen LogP contribution in [0.15, 0.2) is 18.2 Å². The topological polar surface area (TPSA) is 87.9 Å². The van der Waals surface area contributed by atoms with Gasteiger partial charge >= 0.3 is 11.9 Å². The highest BCUT2D eigenvalue weighted by Gasteiger charge is 2.30. The first-order chi connectivity index (χ1) is 8.61. The summed E-state index contributed by atoms with van der Waals surface area (Å²) in [6.45, 7) is 0.280. The molecule has 0 amide bonds. The molecule has 2 rings (SSSR count). The number of hydrogen-bond acceptors (Lipinski definition) is 6. The van der Waals surface area contributed by atoms with Crippen molar-refractivity contribution in [2.75, 3.05) is 19.5 Å². The van der Waals surface area contributed by atoms with Crippen LogP contribution in [0.5, 0.6) is 5.75 Å². The van der Waals surface area contributed by atoms with Crippen LogP contribution in [-0.4, -0.2) is 31.8 Å². The van der Waals surface area contributed by atoms with E-state index >= 15 is 0 Å². The van der Waals surface area contributed by atoms with E-state index in [1.165, 1.54) is 19.2 Å². The normalized spacial score (nSPS) is 18.3. The molecule has 0 aliphatic carbocycles. The minimum absolute atomic E-state index is 0.278. The van der Waals surface area contributed by atoms with E-state index in [2.05, 4.69) is 0 Å². The molecule has 0 radical (unpaired) electrons. The summed E-state index contributed by atoms with van der Waals surface area (Å²) in [5.41, 5.74) is 6.34. The van der Waals surface area contributed by atoms with Gasteiger partial charge in [0.1, 0.15) is 5.75 Å². The molecule has 6 nitrogen and oxygen atoms in total. The molecule has 1 saturated heterocycles. The van der Waals surface area contributed by atoms with Crippen LogP contribution in [0.1, 0.15) is 16.8 Å². The second kappa shape index (κ2) is 4.95. The quantitative estimate of drug-likeness (QED) is 0.630. The van der Waals surface area contributed by atoms with E-state index in [0.717, 1.165) is 0 Å². The van der Waals surface area contributed by atoms with Crippen LogP contribution in [0.25, 0.3) is 0 Å². The third-order valence-electron chi connectivity index (χ3n) is 2.61. The first-order valence-corrected chi connectivity index (χ1v) is 5.43. The number of esters is 2. The Bertz CT molecular complexity index is 485. The summed E-state index contributed by atoms with van der Waals surface area (Å²) < 4.78 is 14.7. The summed E-state index contributed by atoms with van der Waals surface area (Å²) in [6, 6.07) is 4.53. The predicted octanol–water partition coefficient (Wildman–Crippen LogP) is 0.750. The van der Waals surface area contributed by atoms with E-state index in [9.17, 15) is 9.59 Å². The molecule has 2 N–H and O–H groups in total. The van der Waals surface area contributed by atoms with Crippen LogP contribution in [0.2, 0.25) is 0 Å². The number of nitrogens with two attached hydrogens (primary N) is 1. The Morgan fingerprint density at radius 1 is 1.50 bits per heavy atom. The van der Waals surface area contributed by atoms with Crippen LogP contribution >= 0.6 is 0 Å². The highest BCUT2D eigenvalue weighted by Crippen LogP contribution is 2.23. The highest BCUT2D eigenvalue weighted by atomic mass is 16.6. The molecule has 1 unspecified atom stereocenters. The van der Waals surface area contributed by atoms with Gasteiger partial charge in [-0.05, 0) is 18.2 Å². The zero-order valence-electron chi connectivity index (χ0n) is 9.84. The summed E-state index contributed by atoms with van der Waals surface area (Å²) >= 11 is 0. The van der Waals surface area contributed by atoms with Gasteiger partial charge in [0.2, 0.25) is 6.10 Å². The third kappa shape index (κ3) is 2.37. The molecule has 1 aromatic rings. The molecule has 1 aliphatic heterocycles. The van der Waals surface area contributed by atoms with Crippen molar-refractivity contribution in [1.29, 1.82) is 0 Å². The zero-order chi connectivity index (χ0) is 13.1. The molecule has 18 heavy (non-hydrogen) atoms. The maximum Gasteiger partial charge on any atom is 0.347 e. The number of anilines is 1. The molecule has 0 spiro atoms. The molecule has 1 heterocycles. The van der Waals surface area contributed by atoms with Crippen molar-refractivity contribution in [3.63, 3.8) is 0 Å². The standard InChI is InChI=1S/C12H13NO5/c1-16-10-6-7(2-3-8(10)13)11(14)18-9-4-5-17-12(9)15/h2-3,6,9H,4-5,13H2,1H3. The van der Waals surface area contributed by atoms with Gasteiger partial charge in [-0.2, -0.15) is 0 Å². The molecule has 1 aromatic carbocycles. The Hall–Kier alpha value is -2.24.